The van der Waals surface area contributed by atoms with E-state index in [4.69, 9.17) is 8.85 Å². The molecule has 0 rings (SSSR count). The molecule has 0 radical (unpaired) electrons. The summed E-state index contributed by atoms with van der Waals surface area (Å²) in [4.78, 5) is 12.1. The van der Waals surface area contributed by atoms with Crippen molar-refractivity contribution in [1.29, 1.82) is 0 Å². The van der Waals surface area contributed by atoms with Gasteiger partial charge in [0.15, 0.2) is 5.76 Å². The molecule has 0 aliphatic rings. The largest absolute Gasteiger partial charge is 0.540 e. The fourth-order valence-electron chi connectivity index (χ4n) is 1.09. The first-order valence-corrected chi connectivity index (χ1v) is 12.9. The van der Waals surface area contributed by atoms with Crippen LogP contribution in [-0.2, 0) is 13.6 Å². The summed E-state index contributed by atoms with van der Waals surface area (Å²) in [6.07, 6.45) is 0.806. The average Bonchev–Trinajstić information content (AvgIpc) is 2.08. The number of carbonyl (C=O) groups is 1. The summed E-state index contributed by atoms with van der Waals surface area (Å²) >= 11 is 0. The first kappa shape index (κ1) is 16.4. The fourth-order valence-corrected chi connectivity index (χ4v) is 2.61. The predicted molar refractivity (Wildman–Crippen MR) is 76.9 cm³/mol. The minimum Gasteiger partial charge on any atom is -0.540 e. The van der Waals surface area contributed by atoms with Gasteiger partial charge in [0.25, 0.3) is 0 Å². The van der Waals surface area contributed by atoms with Gasteiger partial charge < -0.3 is 8.85 Å². The highest BCUT2D eigenvalue weighted by molar-refractivity contribution is 6.72. The maximum atomic E-state index is 12.1. The first-order valence-electron chi connectivity index (χ1n) is 6.08. The van der Waals surface area contributed by atoms with E-state index in [-0.39, 0.29) is 5.97 Å². The first-order chi connectivity index (χ1) is 7.46. The summed E-state index contributed by atoms with van der Waals surface area (Å²) in [5, 5.41) is 0. The van der Waals surface area contributed by atoms with Crippen LogP contribution >= 0.6 is 0 Å². The van der Waals surface area contributed by atoms with Crippen LogP contribution in [-0.4, -0.2) is 22.6 Å². The topological polar surface area (TPSA) is 35.5 Å². The van der Waals surface area contributed by atoms with Crippen molar-refractivity contribution in [3.63, 3.8) is 0 Å². The number of hydrogen-bond donors (Lipinski definition) is 0. The summed E-state index contributed by atoms with van der Waals surface area (Å²) in [5.41, 5.74) is 0.968. The molecule has 0 saturated heterocycles. The maximum Gasteiger partial charge on any atom is 0.358 e. The molecule has 0 unspecified atom stereocenters. The Morgan fingerprint density at radius 1 is 0.941 bits per heavy atom. The van der Waals surface area contributed by atoms with Crippen molar-refractivity contribution in [2.24, 2.45) is 0 Å². The minimum absolute atomic E-state index is 0.286. The van der Waals surface area contributed by atoms with Gasteiger partial charge in [0.1, 0.15) is 0 Å². The van der Waals surface area contributed by atoms with Crippen LogP contribution in [0, 0.1) is 0 Å². The molecule has 0 aromatic heterocycles. The molecule has 0 heterocycles. The third-order valence-electron chi connectivity index (χ3n) is 1.91. The van der Waals surface area contributed by atoms with Gasteiger partial charge in [-0.1, -0.05) is 6.92 Å². The molecule has 5 heteroatoms. The highest BCUT2D eigenvalue weighted by atomic mass is 28.4. The third-order valence-corrected chi connectivity index (χ3v) is 3.52. The molecule has 0 aromatic carbocycles. The number of hydrogen-bond acceptors (Lipinski definition) is 3. The summed E-state index contributed by atoms with van der Waals surface area (Å²) in [5.74, 6) is 0.153. The molecule has 0 aromatic rings. The smallest absolute Gasteiger partial charge is 0.358 e. The molecule has 0 spiro atoms. The molecule has 17 heavy (non-hydrogen) atoms. The molecular weight excluding hydrogens is 248 g/mol. The molecule has 0 aliphatic heterocycles. The van der Waals surface area contributed by atoms with Crippen LogP contribution in [0.2, 0.25) is 39.3 Å². The fraction of sp³-hybridized carbons (Fsp3) is 0.750. The van der Waals surface area contributed by atoms with Gasteiger partial charge in [0, 0.05) is 0 Å². The van der Waals surface area contributed by atoms with Crippen LogP contribution in [0.5, 0.6) is 0 Å². The van der Waals surface area contributed by atoms with Gasteiger partial charge in [-0.25, -0.2) is 4.79 Å². The standard InChI is InChI=1S/C12H26O3Si2/c1-9-10(2)11(14-16(3,4)5)12(13)15-17(6,7)8/h9H2,1-8H3. The molecule has 0 N–H and O–H groups in total. The molecule has 0 atom stereocenters. The zero-order valence-corrected chi connectivity index (χ0v) is 14.4. The van der Waals surface area contributed by atoms with E-state index in [1.807, 2.05) is 33.5 Å². The van der Waals surface area contributed by atoms with Crippen LogP contribution < -0.4 is 0 Å². The Balaban J connectivity index is 5.04. The summed E-state index contributed by atoms with van der Waals surface area (Å²) in [7, 11) is -3.65. The molecule has 100 valence electrons. The van der Waals surface area contributed by atoms with Gasteiger partial charge in [0.05, 0.1) is 0 Å². The van der Waals surface area contributed by atoms with Crippen LogP contribution in [0.4, 0.5) is 0 Å². The number of rotatable bonds is 5. The lowest BCUT2D eigenvalue weighted by Gasteiger charge is -2.25. The van der Waals surface area contributed by atoms with Crippen molar-refractivity contribution < 1.29 is 13.6 Å². The van der Waals surface area contributed by atoms with Crippen LogP contribution in [0.15, 0.2) is 11.3 Å². The van der Waals surface area contributed by atoms with E-state index < -0.39 is 16.6 Å². The number of carbonyl (C=O) groups excluding carboxylic acids is 1. The predicted octanol–water partition coefficient (Wildman–Crippen LogP) is 3.90. The monoisotopic (exact) mass is 274 g/mol. The second-order valence-corrected chi connectivity index (χ2v) is 15.0. The van der Waals surface area contributed by atoms with E-state index in [9.17, 15) is 4.79 Å². The quantitative estimate of drug-likeness (QED) is 0.433. The molecular formula is C12H26O3Si2. The second kappa shape index (κ2) is 5.86. The Labute approximate surface area is 107 Å². The van der Waals surface area contributed by atoms with Crippen molar-refractivity contribution in [2.45, 2.75) is 59.6 Å². The van der Waals surface area contributed by atoms with Crippen molar-refractivity contribution in [3.05, 3.63) is 11.3 Å². The Hall–Kier alpha value is -0.556. The van der Waals surface area contributed by atoms with Gasteiger partial charge >= 0.3 is 5.97 Å². The normalized spacial score (nSPS) is 14.1. The van der Waals surface area contributed by atoms with Crippen LogP contribution in [0.1, 0.15) is 20.3 Å². The van der Waals surface area contributed by atoms with E-state index in [1.54, 1.807) is 0 Å². The maximum absolute atomic E-state index is 12.1. The Bertz CT molecular complexity index is 309. The average molecular weight is 275 g/mol. The Kier molecular flexibility index (Phi) is 5.67. The van der Waals surface area contributed by atoms with Gasteiger partial charge in [-0.05, 0) is 58.2 Å². The molecule has 3 nitrogen and oxygen atoms in total. The molecule has 0 saturated carbocycles. The molecule has 0 amide bonds. The van der Waals surface area contributed by atoms with Gasteiger partial charge in [-0.3, -0.25) is 0 Å². The van der Waals surface area contributed by atoms with Crippen LogP contribution in [0.25, 0.3) is 0 Å². The minimum atomic E-state index is -1.87. The zero-order chi connectivity index (χ0) is 13.9. The lowest BCUT2D eigenvalue weighted by Crippen LogP contribution is -2.34. The highest BCUT2D eigenvalue weighted by Crippen LogP contribution is 2.19. The van der Waals surface area contributed by atoms with Gasteiger partial charge in [0.2, 0.25) is 16.6 Å². The molecule has 0 fully saturated rings. The second-order valence-electron chi connectivity index (χ2n) is 6.18. The van der Waals surface area contributed by atoms with Crippen LogP contribution in [0.3, 0.4) is 0 Å². The van der Waals surface area contributed by atoms with E-state index >= 15 is 0 Å². The van der Waals surface area contributed by atoms with Gasteiger partial charge in [-0.2, -0.15) is 0 Å². The highest BCUT2D eigenvalue weighted by Gasteiger charge is 2.28. The van der Waals surface area contributed by atoms with E-state index in [0.29, 0.717) is 5.76 Å². The number of allylic oxidation sites excluding steroid dienone is 1. The summed E-state index contributed by atoms with van der Waals surface area (Å²) in [6.45, 7) is 16.1. The molecule has 0 aliphatic carbocycles. The Morgan fingerprint density at radius 2 is 1.35 bits per heavy atom. The van der Waals surface area contributed by atoms with Crippen molar-refractivity contribution >= 4 is 22.6 Å². The van der Waals surface area contributed by atoms with Gasteiger partial charge in [-0.15, -0.1) is 0 Å². The molecule has 0 bridgehead atoms. The van der Waals surface area contributed by atoms with Crippen molar-refractivity contribution in [1.82, 2.24) is 0 Å². The zero-order valence-electron chi connectivity index (χ0n) is 12.4. The SMILES string of the molecule is CCC(C)=C(O[Si](C)(C)C)C(=O)O[Si](C)(C)C. The van der Waals surface area contributed by atoms with Crippen molar-refractivity contribution in [3.8, 4) is 0 Å². The van der Waals surface area contributed by atoms with Crippen molar-refractivity contribution in [2.75, 3.05) is 0 Å². The lowest BCUT2D eigenvalue weighted by molar-refractivity contribution is -0.133. The van der Waals surface area contributed by atoms with E-state index in [0.717, 1.165) is 12.0 Å². The third kappa shape index (κ3) is 7.38. The lowest BCUT2D eigenvalue weighted by atomic mass is 10.2. The van der Waals surface area contributed by atoms with E-state index in [1.165, 1.54) is 0 Å². The Morgan fingerprint density at radius 3 is 1.65 bits per heavy atom. The summed E-state index contributed by atoms with van der Waals surface area (Å²) < 4.78 is 11.4. The summed E-state index contributed by atoms with van der Waals surface area (Å²) in [6, 6.07) is 0. The van der Waals surface area contributed by atoms with E-state index in [2.05, 4.69) is 19.6 Å².